The third kappa shape index (κ3) is 3.77. The quantitative estimate of drug-likeness (QED) is 0.797. The van der Waals surface area contributed by atoms with Gasteiger partial charge in [0.1, 0.15) is 5.75 Å². The fraction of sp³-hybridized carbons (Fsp3) is 0.500. The third-order valence-electron chi connectivity index (χ3n) is 2.75. The van der Waals surface area contributed by atoms with E-state index in [9.17, 15) is 4.79 Å². The van der Waals surface area contributed by atoms with E-state index in [0.29, 0.717) is 24.8 Å². The van der Waals surface area contributed by atoms with Crippen LogP contribution in [-0.4, -0.2) is 24.1 Å². The standard InChI is InChI=1S/C14H21NO2/c1-5-15(6-2)14(16)17-13-9-7-8-12(10-13)11(3)4/h7-11H,5-6H2,1-4H3. The van der Waals surface area contributed by atoms with Gasteiger partial charge >= 0.3 is 6.09 Å². The number of carbonyl (C=O) groups is 1. The van der Waals surface area contributed by atoms with E-state index in [1.165, 1.54) is 5.56 Å². The van der Waals surface area contributed by atoms with Crippen LogP contribution in [0.25, 0.3) is 0 Å². The minimum Gasteiger partial charge on any atom is -0.410 e. The van der Waals surface area contributed by atoms with Crippen LogP contribution in [-0.2, 0) is 0 Å². The predicted octanol–water partition coefficient (Wildman–Crippen LogP) is 3.65. The van der Waals surface area contributed by atoms with Gasteiger partial charge in [-0.1, -0.05) is 26.0 Å². The lowest BCUT2D eigenvalue weighted by atomic mass is 10.0. The molecule has 0 unspecified atom stereocenters. The van der Waals surface area contributed by atoms with Crippen LogP contribution >= 0.6 is 0 Å². The summed E-state index contributed by atoms with van der Waals surface area (Å²) in [6.07, 6.45) is -0.282. The van der Waals surface area contributed by atoms with E-state index in [4.69, 9.17) is 4.74 Å². The fourth-order valence-electron chi connectivity index (χ4n) is 1.58. The molecule has 3 nitrogen and oxygen atoms in total. The molecule has 0 aliphatic rings. The number of ether oxygens (including phenoxy) is 1. The van der Waals surface area contributed by atoms with Crippen LogP contribution in [0.2, 0.25) is 0 Å². The molecule has 0 heterocycles. The van der Waals surface area contributed by atoms with Gasteiger partial charge in [0.15, 0.2) is 0 Å². The Hall–Kier alpha value is -1.51. The molecule has 0 aliphatic carbocycles. The summed E-state index contributed by atoms with van der Waals surface area (Å²) < 4.78 is 5.34. The van der Waals surface area contributed by atoms with Crippen molar-refractivity contribution in [2.75, 3.05) is 13.1 Å². The average molecular weight is 235 g/mol. The Labute approximate surface area is 103 Å². The van der Waals surface area contributed by atoms with E-state index >= 15 is 0 Å². The van der Waals surface area contributed by atoms with Crippen molar-refractivity contribution in [3.05, 3.63) is 29.8 Å². The highest BCUT2D eigenvalue weighted by molar-refractivity contribution is 5.70. The second-order valence-corrected chi connectivity index (χ2v) is 4.27. The van der Waals surface area contributed by atoms with Crippen molar-refractivity contribution in [1.29, 1.82) is 0 Å². The highest BCUT2D eigenvalue weighted by atomic mass is 16.6. The minimum atomic E-state index is -0.282. The van der Waals surface area contributed by atoms with Crippen molar-refractivity contribution in [3.8, 4) is 5.75 Å². The molecule has 3 heteroatoms. The van der Waals surface area contributed by atoms with Crippen molar-refractivity contribution >= 4 is 6.09 Å². The minimum absolute atomic E-state index is 0.282. The van der Waals surface area contributed by atoms with Crippen molar-refractivity contribution in [1.82, 2.24) is 4.90 Å². The number of hydrogen-bond acceptors (Lipinski definition) is 2. The second-order valence-electron chi connectivity index (χ2n) is 4.27. The van der Waals surface area contributed by atoms with Gasteiger partial charge in [0.2, 0.25) is 0 Å². The maximum Gasteiger partial charge on any atom is 0.415 e. The molecule has 1 rings (SSSR count). The van der Waals surface area contributed by atoms with E-state index in [-0.39, 0.29) is 6.09 Å². The number of carbonyl (C=O) groups excluding carboxylic acids is 1. The van der Waals surface area contributed by atoms with E-state index in [1.807, 2.05) is 38.1 Å². The van der Waals surface area contributed by atoms with Gasteiger partial charge in [-0.3, -0.25) is 0 Å². The first-order valence-corrected chi connectivity index (χ1v) is 6.15. The highest BCUT2D eigenvalue weighted by Crippen LogP contribution is 2.20. The number of rotatable bonds is 4. The Morgan fingerprint density at radius 1 is 1.29 bits per heavy atom. The van der Waals surface area contributed by atoms with Gasteiger partial charge < -0.3 is 9.64 Å². The first kappa shape index (κ1) is 13.6. The van der Waals surface area contributed by atoms with Gasteiger partial charge in [0.25, 0.3) is 0 Å². The molecule has 0 atom stereocenters. The summed E-state index contributed by atoms with van der Waals surface area (Å²) in [5.74, 6) is 1.05. The number of amides is 1. The first-order valence-electron chi connectivity index (χ1n) is 6.15. The van der Waals surface area contributed by atoms with Crippen LogP contribution in [0.15, 0.2) is 24.3 Å². The van der Waals surface area contributed by atoms with Crippen LogP contribution in [0.3, 0.4) is 0 Å². The van der Waals surface area contributed by atoms with Crippen LogP contribution in [0.4, 0.5) is 4.79 Å². The molecule has 1 amide bonds. The lowest BCUT2D eigenvalue weighted by molar-refractivity contribution is 0.157. The molecule has 0 saturated carbocycles. The Morgan fingerprint density at radius 2 is 1.94 bits per heavy atom. The monoisotopic (exact) mass is 235 g/mol. The van der Waals surface area contributed by atoms with Crippen LogP contribution < -0.4 is 4.74 Å². The summed E-state index contributed by atoms with van der Waals surface area (Å²) in [7, 11) is 0. The molecule has 1 aromatic carbocycles. The topological polar surface area (TPSA) is 29.5 Å². The van der Waals surface area contributed by atoms with Crippen molar-refractivity contribution in [2.24, 2.45) is 0 Å². The lowest BCUT2D eigenvalue weighted by Gasteiger charge is -2.18. The summed E-state index contributed by atoms with van der Waals surface area (Å²) in [6.45, 7) is 9.44. The largest absolute Gasteiger partial charge is 0.415 e. The maximum absolute atomic E-state index is 11.8. The van der Waals surface area contributed by atoms with Crippen LogP contribution in [0.1, 0.15) is 39.2 Å². The number of nitrogens with zero attached hydrogens (tertiary/aromatic N) is 1. The van der Waals surface area contributed by atoms with Gasteiger partial charge in [0.05, 0.1) is 0 Å². The van der Waals surface area contributed by atoms with Gasteiger partial charge in [-0.15, -0.1) is 0 Å². The van der Waals surface area contributed by atoms with E-state index < -0.39 is 0 Å². The molecule has 17 heavy (non-hydrogen) atoms. The molecular weight excluding hydrogens is 214 g/mol. The lowest BCUT2D eigenvalue weighted by Crippen LogP contribution is -2.33. The van der Waals surface area contributed by atoms with Crippen molar-refractivity contribution in [2.45, 2.75) is 33.6 Å². The molecule has 94 valence electrons. The third-order valence-corrected chi connectivity index (χ3v) is 2.75. The molecule has 0 saturated heterocycles. The normalized spacial score (nSPS) is 10.4. The average Bonchev–Trinajstić information content (AvgIpc) is 2.30. The molecule has 0 fully saturated rings. The van der Waals surface area contributed by atoms with E-state index in [0.717, 1.165) is 0 Å². The second kappa shape index (κ2) is 6.28. The fourth-order valence-corrected chi connectivity index (χ4v) is 1.58. The van der Waals surface area contributed by atoms with E-state index in [1.54, 1.807) is 4.90 Å². The summed E-state index contributed by atoms with van der Waals surface area (Å²) in [6, 6.07) is 7.69. The number of benzene rings is 1. The smallest absolute Gasteiger partial charge is 0.410 e. The number of hydrogen-bond donors (Lipinski definition) is 0. The summed E-state index contributed by atoms with van der Waals surface area (Å²) in [5.41, 5.74) is 1.18. The molecule has 0 aliphatic heterocycles. The van der Waals surface area contributed by atoms with Crippen LogP contribution in [0.5, 0.6) is 5.75 Å². The summed E-state index contributed by atoms with van der Waals surface area (Å²) in [5, 5.41) is 0. The molecule has 0 aromatic heterocycles. The van der Waals surface area contributed by atoms with Gasteiger partial charge in [0, 0.05) is 13.1 Å². The zero-order valence-corrected chi connectivity index (χ0v) is 11.1. The van der Waals surface area contributed by atoms with Crippen molar-refractivity contribution in [3.63, 3.8) is 0 Å². The Balaban J connectivity index is 2.74. The Bertz CT molecular complexity index is 370. The molecule has 0 radical (unpaired) electrons. The van der Waals surface area contributed by atoms with E-state index in [2.05, 4.69) is 13.8 Å². The van der Waals surface area contributed by atoms with Crippen LogP contribution in [0, 0.1) is 0 Å². The first-order chi connectivity index (χ1) is 8.08. The van der Waals surface area contributed by atoms with Gasteiger partial charge in [-0.2, -0.15) is 0 Å². The molecular formula is C14H21NO2. The predicted molar refractivity (Wildman–Crippen MR) is 69.5 cm³/mol. The van der Waals surface area contributed by atoms with Crippen molar-refractivity contribution < 1.29 is 9.53 Å². The molecule has 1 aromatic rings. The van der Waals surface area contributed by atoms with Gasteiger partial charge in [-0.05, 0) is 37.5 Å². The Kier molecular flexibility index (Phi) is 5.01. The summed E-state index contributed by atoms with van der Waals surface area (Å²) >= 11 is 0. The maximum atomic E-state index is 11.8. The van der Waals surface area contributed by atoms with Gasteiger partial charge in [-0.25, -0.2) is 4.79 Å². The zero-order valence-electron chi connectivity index (χ0n) is 11.1. The molecule has 0 N–H and O–H groups in total. The zero-order chi connectivity index (χ0) is 12.8. The molecule has 0 bridgehead atoms. The SMILES string of the molecule is CCN(CC)C(=O)Oc1cccc(C(C)C)c1. The highest BCUT2D eigenvalue weighted by Gasteiger charge is 2.12. The Morgan fingerprint density at radius 3 is 2.47 bits per heavy atom. The summed E-state index contributed by atoms with van der Waals surface area (Å²) in [4.78, 5) is 13.4. The molecule has 0 spiro atoms.